The van der Waals surface area contributed by atoms with Crippen molar-refractivity contribution in [3.63, 3.8) is 0 Å². The van der Waals surface area contributed by atoms with Crippen LogP contribution in [0.3, 0.4) is 0 Å². The standard InChI is InChI=1S/C18H19ClF5N3OS/c1-9-6-12(21)13(7-14(9)29-8-18(22,23)24)28-5-4-25-17-15(19)16(10(2)20)26-11(3)27-17/h6-7,10H,4-5,8H2,1-3H3,(H,25,26,27). The van der Waals surface area contributed by atoms with Gasteiger partial charge in [-0.05, 0) is 38.5 Å². The van der Waals surface area contributed by atoms with Gasteiger partial charge in [-0.15, -0.1) is 11.8 Å². The Hall–Kier alpha value is -1.81. The van der Waals surface area contributed by atoms with E-state index in [9.17, 15) is 22.0 Å². The summed E-state index contributed by atoms with van der Waals surface area (Å²) in [5.74, 6) is -1.38. The third kappa shape index (κ3) is 6.88. The predicted octanol–water partition coefficient (Wildman–Crippen LogP) is 6.06. The van der Waals surface area contributed by atoms with Crippen LogP contribution in [0.25, 0.3) is 0 Å². The first kappa shape index (κ1) is 23.5. The van der Waals surface area contributed by atoms with Crippen LogP contribution < -0.4 is 10.1 Å². The number of rotatable bonds is 8. The number of hydrogen-bond acceptors (Lipinski definition) is 5. The predicted molar refractivity (Wildman–Crippen MR) is 103 cm³/mol. The van der Waals surface area contributed by atoms with Gasteiger partial charge in [0.1, 0.15) is 29.4 Å². The maximum atomic E-state index is 14.1. The van der Waals surface area contributed by atoms with Gasteiger partial charge in [0.25, 0.3) is 0 Å². The van der Waals surface area contributed by atoms with Crippen molar-refractivity contribution in [2.45, 2.75) is 38.0 Å². The molecule has 29 heavy (non-hydrogen) atoms. The van der Waals surface area contributed by atoms with Gasteiger partial charge in [0.15, 0.2) is 11.6 Å². The fourth-order valence-electron chi connectivity index (χ4n) is 2.35. The van der Waals surface area contributed by atoms with Gasteiger partial charge in [-0.1, -0.05) is 11.6 Å². The average molecular weight is 456 g/mol. The number of hydrogen-bond donors (Lipinski definition) is 1. The molecule has 0 saturated heterocycles. The molecular formula is C18H19ClF5N3OS. The average Bonchev–Trinajstić information content (AvgIpc) is 2.60. The van der Waals surface area contributed by atoms with Crippen molar-refractivity contribution >= 4 is 29.2 Å². The van der Waals surface area contributed by atoms with Crippen molar-refractivity contribution in [1.82, 2.24) is 9.97 Å². The molecule has 11 heteroatoms. The fourth-order valence-corrected chi connectivity index (χ4v) is 3.45. The number of halogens is 6. The molecule has 2 rings (SSSR count). The van der Waals surface area contributed by atoms with Crippen LogP contribution in [0.15, 0.2) is 17.0 Å². The minimum absolute atomic E-state index is 0.0246. The molecule has 1 heterocycles. The lowest BCUT2D eigenvalue weighted by Crippen LogP contribution is -2.15. The smallest absolute Gasteiger partial charge is 0.398 e. The maximum absolute atomic E-state index is 14.1. The molecule has 1 unspecified atom stereocenters. The quantitative estimate of drug-likeness (QED) is 0.298. The Labute approximate surface area is 174 Å². The number of nitrogens with zero attached hydrogens (tertiary/aromatic N) is 2. The Morgan fingerprint density at radius 1 is 1.24 bits per heavy atom. The molecule has 0 radical (unpaired) electrons. The highest BCUT2D eigenvalue weighted by atomic mass is 35.5. The molecule has 0 aliphatic heterocycles. The number of nitrogens with one attached hydrogen (secondary N) is 1. The Balaban J connectivity index is 2.01. The largest absolute Gasteiger partial charge is 0.489 e. The van der Waals surface area contributed by atoms with E-state index in [-0.39, 0.29) is 40.3 Å². The van der Waals surface area contributed by atoms with Gasteiger partial charge in [-0.2, -0.15) is 13.2 Å². The zero-order chi connectivity index (χ0) is 21.8. The van der Waals surface area contributed by atoms with E-state index in [0.29, 0.717) is 23.1 Å². The van der Waals surface area contributed by atoms with Crippen molar-refractivity contribution in [3.05, 3.63) is 40.1 Å². The van der Waals surface area contributed by atoms with Gasteiger partial charge in [0, 0.05) is 4.90 Å². The lowest BCUT2D eigenvalue weighted by Gasteiger charge is -2.14. The van der Waals surface area contributed by atoms with Gasteiger partial charge in [-0.25, -0.2) is 18.7 Å². The molecule has 0 aliphatic carbocycles. The van der Waals surface area contributed by atoms with Crippen LogP contribution in [-0.4, -0.2) is 35.0 Å². The molecule has 0 bridgehead atoms. The van der Waals surface area contributed by atoms with E-state index in [1.165, 1.54) is 19.9 Å². The third-order valence-electron chi connectivity index (χ3n) is 3.64. The number of aryl methyl sites for hydroxylation is 2. The molecule has 1 N–H and O–H groups in total. The lowest BCUT2D eigenvalue weighted by molar-refractivity contribution is -0.105. The Bertz CT molecular complexity index is 864. The van der Waals surface area contributed by atoms with E-state index < -0.39 is 23.9 Å². The second kappa shape index (κ2) is 9.80. The Morgan fingerprint density at radius 2 is 1.93 bits per heavy atom. The number of benzene rings is 1. The van der Waals surface area contributed by atoms with Gasteiger partial charge >= 0.3 is 6.18 Å². The highest BCUT2D eigenvalue weighted by Gasteiger charge is 2.27. The normalized spacial score (nSPS) is 12.7. The van der Waals surface area contributed by atoms with Crippen molar-refractivity contribution in [2.24, 2.45) is 0 Å². The van der Waals surface area contributed by atoms with Crippen LogP contribution in [0.5, 0.6) is 5.75 Å². The van der Waals surface area contributed by atoms with Gasteiger partial charge in [0.2, 0.25) is 0 Å². The van der Waals surface area contributed by atoms with Gasteiger partial charge < -0.3 is 10.1 Å². The molecule has 0 fully saturated rings. The van der Waals surface area contributed by atoms with Crippen LogP contribution in [0.4, 0.5) is 27.8 Å². The van der Waals surface area contributed by atoms with E-state index in [0.717, 1.165) is 6.07 Å². The first-order valence-electron chi connectivity index (χ1n) is 8.52. The summed E-state index contributed by atoms with van der Waals surface area (Å²) in [6.45, 7) is 4.54. The zero-order valence-corrected chi connectivity index (χ0v) is 17.4. The maximum Gasteiger partial charge on any atom is 0.398 e. The summed E-state index contributed by atoms with van der Waals surface area (Å²) in [6, 6.07) is 2.37. The highest BCUT2D eigenvalue weighted by Crippen LogP contribution is 2.33. The molecule has 1 aromatic carbocycles. The minimum atomic E-state index is -4.33. The van der Waals surface area contributed by atoms with E-state index >= 15 is 0 Å². The number of thioether (sulfide) groups is 1. The van der Waals surface area contributed by atoms with E-state index in [4.69, 9.17) is 16.3 Å². The van der Waals surface area contributed by atoms with E-state index in [1.807, 2.05) is 0 Å². The van der Waals surface area contributed by atoms with Crippen molar-refractivity contribution in [2.75, 3.05) is 24.2 Å². The highest BCUT2D eigenvalue weighted by molar-refractivity contribution is 7.99. The summed E-state index contributed by atoms with van der Waals surface area (Å²) in [6.07, 6.45) is -5.71. The molecule has 0 aliphatic rings. The molecule has 0 saturated carbocycles. The molecule has 1 aromatic heterocycles. The van der Waals surface area contributed by atoms with Crippen LogP contribution in [0.1, 0.15) is 30.2 Å². The van der Waals surface area contributed by atoms with Crippen LogP contribution in [0.2, 0.25) is 5.02 Å². The molecule has 2 aromatic rings. The van der Waals surface area contributed by atoms with E-state index in [2.05, 4.69) is 15.3 Å². The summed E-state index contributed by atoms with van der Waals surface area (Å²) in [7, 11) is 0. The third-order valence-corrected chi connectivity index (χ3v) is 5.23. The number of aromatic nitrogens is 2. The fraction of sp³-hybridized carbons (Fsp3) is 0.444. The number of anilines is 1. The lowest BCUT2D eigenvalue weighted by atomic mass is 10.2. The Morgan fingerprint density at radius 3 is 2.55 bits per heavy atom. The summed E-state index contributed by atoms with van der Waals surface area (Å²) in [4.78, 5) is 8.32. The molecule has 4 nitrogen and oxygen atoms in total. The molecular weight excluding hydrogens is 437 g/mol. The monoisotopic (exact) mass is 455 g/mol. The summed E-state index contributed by atoms with van der Waals surface area (Å²) < 4.78 is 70.2. The Kier molecular flexibility index (Phi) is 7.93. The molecule has 0 amide bonds. The van der Waals surface area contributed by atoms with Gasteiger partial charge in [0.05, 0.1) is 18.0 Å². The van der Waals surface area contributed by atoms with Crippen LogP contribution in [0, 0.1) is 19.7 Å². The van der Waals surface area contributed by atoms with Gasteiger partial charge in [-0.3, -0.25) is 0 Å². The molecule has 1 atom stereocenters. The zero-order valence-electron chi connectivity index (χ0n) is 15.8. The topological polar surface area (TPSA) is 47.0 Å². The minimum Gasteiger partial charge on any atom is -0.489 e. The van der Waals surface area contributed by atoms with Crippen molar-refractivity contribution < 1.29 is 26.7 Å². The SMILES string of the molecule is Cc1nc(NCCOc2cc(SCC(F)(F)F)c(C)cc2F)c(Cl)c(C(C)F)n1. The summed E-state index contributed by atoms with van der Waals surface area (Å²) in [5, 5.41) is 2.90. The van der Waals surface area contributed by atoms with Crippen LogP contribution >= 0.6 is 23.4 Å². The number of ether oxygens (including phenoxy) is 1. The second-order valence-electron chi connectivity index (χ2n) is 6.16. The second-order valence-corrected chi connectivity index (χ2v) is 7.56. The molecule has 160 valence electrons. The number of alkyl halides is 4. The molecule has 0 spiro atoms. The van der Waals surface area contributed by atoms with Crippen LogP contribution in [-0.2, 0) is 0 Å². The summed E-state index contributed by atoms with van der Waals surface area (Å²) in [5.41, 5.74) is 0.442. The first-order chi connectivity index (χ1) is 13.5. The summed E-state index contributed by atoms with van der Waals surface area (Å²) >= 11 is 6.65. The van der Waals surface area contributed by atoms with Crippen molar-refractivity contribution in [1.29, 1.82) is 0 Å². The van der Waals surface area contributed by atoms with Crippen molar-refractivity contribution in [3.8, 4) is 5.75 Å². The first-order valence-corrected chi connectivity index (χ1v) is 9.88. The van der Waals surface area contributed by atoms with E-state index in [1.54, 1.807) is 6.92 Å².